The molecule has 0 amide bonds. The lowest BCUT2D eigenvalue weighted by Crippen LogP contribution is -2.36. The summed E-state index contributed by atoms with van der Waals surface area (Å²) in [5, 5.41) is 0. The van der Waals surface area contributed by atoms with Gasteiger partial charge in [-0.15, -0.1) is 0 Å². The Morgan fingerprint density at radius 3 is 2.74 bits per heavy atom. The van der Waals surface area contributed by atoms with Gasteiger partial charge in [0, 0.05) is 30.9 Å². The molecule has 1 saturated heterocycles. The van der Waals surface area contributed by atoms with Crippen LogP contribution in [0.25, 0.3) is 0 Å². The highest BCUT2D eigenvalue weighted by molar-refractivity contribution is 5.54. The molecule has 1 unspecified atom stereocenters. The van der Waals surface area contributed by atoms with E-state index in [0.29, 0.717) is 6.61 Å². The molecule has 1 atom stereocenters. The Hall–Kier alpha value is -1.26. The van der Waals surface area contributed by atoms with Crippen LogP contribution in [-0.4, -0.2) is 39.0 Å². The maximum atomic E-state index is 5.89. The van der Waals surface area contributed by atoms with Crippen molar-refractivity contribution in [2.45, 2.75) is 26.3 Å². The molecule has 4 heteroatoms. The van der Waals surface area contributed by atoms with Crippen LogP contribution in [0.15, 0.2) is 18.2 Å². The van der Waals surface area contributed by atoms with E-state index in [1.807, 2.05) is 13.8 Å². The van der Waals surface area contributed by atoms with E-state index >= 15 is 0 Å². The molecule has 2 N–H and O–H groups in total. The van der Waals surface area contributed by atoms with E-state index in [1.54, 1.807) is 0 Å². The van der Waals surface area contributed by atoms with Gasteiger partial charge in [0.05, 0.1) is 19.8 Å². The lowest BCUT2D eigenvalue weighted by Gasteiger charge is -2.29. The summed E-state index contributed by atoms with van der Waals surface area (Å²) in [5.74, 6) is 0.962. The van der Waals surface area contributed by atoms with Crippen molar-refractivity contribution in [1.29, 1.82) is 0 Å². The van der Waals surface area contributed by atoms with E-state index in [0.717, 1.165) is 38.5 Å². The molecule has 1 aromatic carbocycles. The first kappa shape index (κ1) is 14.2. The van der Waals surface area contributed by atoms with Gasteiger partial charge in [-0.1, -0.05) is 6.07 Å². The largest absolute Gasteiger partial charge is 0.494 e. The quantitative estimate of drug-likeness (QED) is 0.881. The molecule has 0 radical (unpaired) electrons. The van der Waals surface area contributed by atoms with Crippen molar-refractivity contribution in [3.63, 3.8) is 0 Å². The highest BCUT2D eigenvalue weighted by Crippen LogP contribution is 2.27. The third-order valence-electron chi connectivity index (χ3n) is 3.27. The summed E-state index contributed by atoms with van der Waals surface area (Å²) in [7, 11) is 0. The predicted octanol–water partition coefficient (Wildman–Crippen LogP) is 1.81. The summed E-state index contributed by atoms with van der Waals surface area (Å²) in [4.78, 5) is 2.33. The second-order valence-electron chi connectivity index (χ2n) is 5.01. The topological polar surface area (TPSA) is 47.7 Å². The summed E-state index contributed by atoms with van der Waals surface area (Å²) >= 11 is 0. The summed E-state index contributed by atoms with van der Waals surface area (Å²) in [6, 6.07) is 6.57. The molecule has 1 aromatic rings. The Balaban J connectivity index is 2.19. The molecule has 1 fully saturated rings. The first-order chi connectivity index (χ1) is 9.20. The Bertz CT molecular complexity index is 401. The number of benzene rings is 1. The zero-order valence-electron chi connectivity index (χ0n) is 11.9. The van der Waals surface area contributed by atoms with Crippen molar-refractivity contribution < 1.29 is 9.47 Å². The number of morpholine rings is 1. The lowest BCUT2D eigenvalue weighted by atomic mass is 10.1. The van der Waals surface area contributed by atoms with Crippen LogP contribution in [0.4, 0.5) is 5.69 Å². The van der Waals surface area contributed by atoms with Gasteiger partial charge in [0.2, 0.25) is 0 Å². The molecule has 0 bridgehead atoms. The summed E-state index contributed by atoms with van der Waals surface area (Å²) in [6.45, 7) is 8.19. The molecule has 1 aliphatic rings. The Morgan fingerprint density at radius 1 is 1.37 bits per heavy atom. The number of nitrogens with zero attached hydrogens (tertiary/aromatic N) is 1. The Kier molecular flexibility index (Phi) is 5.05. The third-order valence-corrected chi connectivity index (χ3v) is 3.27. The van der Waals surface area contributed by atoms with Crippen molar-refractivity contribution in [2.24, 2.45) is 5.73 Å². The van der Waals surface area contributed by atoms with Crippen molar-refractivity contribution in [3.8, 4) is 5.75 Å². The van der Waals surface area contributed by atoms with Gasteiger partial charge >= 0.3 is 0 Å². The minimum atomic E-state index is 0.147. The van der Waals surface area contributed by atoms with Crippen LogP contribution >= 0.6 is 0 Å². The zero-order chi connectivity index (χ0) is 13.7. The molecule has 0 saturated carbocycles. The smallest absolute Gasteiger partial charge is 0.124 e. The fourth-order valence-electron chi connectivity index (χ4n) is 2.37. The SMILES string of the molecule is CCOc1cc(N2CCOCC2)ccc1CC(C)N. The first-order valence-electron chi connectivity index (χ1n) is 7.04. The molecule has 0 spiro atoms. The zero-order valence-corrected chi connectivity index (χ0v) is 11.9. The number of hydrogen-bond acceptors (Lipinski definition) is 4. The van der Waals surface area contributed by atoms with Gasteiger partial charge in [0.15, 0.2) is 0 Å². The van der Waals surface area contributed by atoms with Crippen molar-refractivity contribution >= 4 is 5.69 Å². The summed E-state index contributed by atoms with van der Waals surface area (Å²) in [5.41, 5.74) is 8.29. The van der Waals surface area contributed by atoms with E-state index in [-0.39, 0.29) is 6.04 Å². The van der Waals surface area contributed by atoms with Gasteiger partial charge in [-0.2, -0.15) is 0 Å². The highest BCUT2D eigenvalue weighted by Gasteiger charge is 2.14. The summed E-state index contributed by atoms with van der Waals surface area (Å²) < 4.78 is 11.1. The van der Waals surface area contributed by atoms with Gasteiger partial charge in [0.25, 0.3) is 0 Å². The van der Waals surface area contributed by atoms with Crippen LogP contribution in [0.1, 0.15) is 19.4 Å². The molecule has 4 nitrogen and oxygen atoms in total. The van der Waals surface area contributed by atoms with Crippen LogP contribution in [0.3, 0.4) is 0 Å². The van der Waals surface area contributed by atoms with E-state index in [1.165, 1.54) is 11.3 Å². The molecular weight excluding hydrogens is 240 g/mol. The molecule has 1 aliphatic heterocycles. The number of rotatable bonds is 5. The van der Waals surface area contributed by atoms with Crippen LogP contribution < -0.4 is 15.4 Å². The van der Waals surface area contributed by atoms with E-state index in [9.17, 15) is 0 Å². The second kappa shape index (κ2) is 6.78. The standard InChI is InChI=1S/C15H24N2O2/c1-3-19-15-11-14(17-6-8-18-9-7-17)5-4-13(15)10-12(2)16/h4-5,11-12H,3,6-10,16H2,1-2H3. The van der Waals surface area contributed by atoms with Crippen molar-refractivity contribution in [3.05, 3.63) is 23.8 Å². The van der Waals surface area contributed by atoms with E-state index < -0.39 is 0 Å². The first-order valence-corrected chi connectivity index (χ1v) is 7.04. The van der Waals surface area contributed by atoms with Crippen molar-refractivity contribution in [2.75, 3.05) is 37.8 Å². The molecule has 106 valence electrons. The van der Waals surface area contributed by atoms with Crippen LogP contribution in [0, 0.1) is 0 Å². The van der Waals surface area contributed by atoms with Gasteiger partial charge in [-0.05, 0) is 31.9 Å². The maximum absolute atomic E-state index is 5.89. The number of anilines is 1. The van der Waals surface area contributed by atoms with E-state index in [4.69, 9.17) is 15.2 Å². The van der Waals surface area contributed by atoms with Crippen LogP contribution in [0.5, 0.6) is 5.75 Å². The van der Waals surface area contributed by atoms with Gasteiger partial charge in [-0.3, -0.25) is 0 Å². The highest BCUT2D eigenvalue weighted by atomic mass is 16.5. The average Bonchev–Trinajstić information content (AvgIpc) is 2.41. The minimum Gasteiger partial charge on any atom is -0.494 e. The average molecular weight is 264 g/mol. The minimum absolute atomic E-state index is 0.147. The van der Waals surface area contributed by atoms with Gasteiger partial charge in [0.1, 0.15) is 5.75 Å². The molecule has 1 heterocycles. The Morgan fingerprint density at radius 2 is 2.11 bits per heavy atom. The molecule has 0 aliphatic carbocycles. The molecule has 0 aromatic heterocycles. The number of ether oxygens (including phenoxy) is 2. The maximum Gasteiger partial charge on any atom is 0.124 e. The van der Waals surface area contributed by atoms with Gasteiger partial charge < -0.3 is 20.1 Å². The Labute approximate surface area is 115 Å². The van der Waals surface area contributed by atoms with Crippen LogP contribution in [0.2, 0.25) is 0 Å². The fourth-order valence-corrected chi connectivity index (χ4v) is 2.37. The van der Waals surface area contributed by atoms with Crippen molar-refractivity contribution in [1.82, 2.24) is 0 Å². The molecule has 2 rings (SSSR count). The lowest BCUT2D eigenvalue weighted by molar-refractivity contribution is 0.122. The third kappa shape index (κ3) is 3.85. The van der Waals surface area contributed by atoms with Crippen LogP contribution in [-0.2, 0) is 11.2 Å². The predicted molar refractivity (Wildman–Crippen MR) is 78.0 cm³/mol. The normalized spacial score (nSPS) is 17.3. The number of hydrogen-bond donors (Lipinski definition) is 1. The molecule has 19 heavy (non-hydrogen) atoms. The monoisotopic (exact) mass is 264 g/mol. The number of nitrogens with two attached hydrogens (primary N) is 1. The van der Waals surface area contributed by atoms with E-state index in [2.05, 4.69) is 23.1 Å². The van der Waals surface area contributed by atoms with Gasteiger partial charge in [-0.25, -0.2) is 0 Å². The second-order valence-corrected chi connectivity index (χ2v) is 5.01. The molecular formula is C15H24N2O2. The summed E-state index contributed by atoms with van der Waals surface area (Å²) in [6.07, 6.45) is 0.846. The fraction of sp³-hybridized carbons (Fsp3) is 0.600.